The summed E-state index contributed by atoms with van der Waals surface area (Å²) in [6.45, 7) is 1.11. The maximum atomic E-state index is 11.6. The summed E-state index contributed by atoms with van der Waals surface area (Å²) in [6.07, 6.45) is 2.18. The summed E-state index contributed by atoms with van der Waals surface area (Å²) in [5.41, 5.74) is 0. The van der Waals surface area contributed by atoms with Crippen molar-refractivity contribution < 1.29 is 14.3 Å². The first-order valence-corrected chi connectivity index (χ1v) is 4.74. The van der Waals surface area contributed by atoms with Crippen LogP contribution in [0.5, 0.6) is 0 Å². The van der Waals surface area contributed by atoms with Gasteiger partial charge in [0.1, 0.15) is 5.76 Å². The number of carbonyl (C=O) groups excluding carboxylic acids is 1. The van der Waals surface area contributed by atoms with Crippen LogP contribution >= 0.6 is 0 Å². The average molecular weight is 195 g/mol. The number of amides is 1. The minimum absolute atomic E-state index is 0.0245. The minimum atomic E-state index is -0.351. The normalized spacial score (nSPS) is 21.5. The van der Waals surface area contributed by atoms with Gasteiger partial charge in [0.05, 0.1) is 18.8 Å². The lowest BCUT2D eigenvalue weighted by molar-refractivity contribution is -0.130. The van der Waals surface area contributed by atoms with Crippen LogP contribution in [0.1, 0.15) is 12.2 Å². The largest absolute Gasteiger partial charge is 0.469 e. The van der Waals surface area contributed by atoms with Crippen molar-refractivity contribution in [3.63, 3.8) is 0 Å². The maximum Gasteiger partial charge on any atom is 0.230 e. The van der Waals surface area contributed by atoms with E-state index in [4.69, 9.17) is 4.42 Å². The van der Waals surface area contributed by atoms with E-state index in [2.05, 4.69) is 0 Å². The predicted octanol–water partition coefficient (Wildman–Crippen LogP) is 0.415. The highest BCUT2D eigenvalue weighted by molar-refractivity contribution is 5.78. The van der Waals surface area contributed by atoms with Gasteiger partial charge in [0.15, 0.2) is 0 Å². The zero-order valence-electron chi connectivity index (χ0n) is 7.85. The van der Waals surface area contributed by atoms with E-state index in [9.17, 15) is 9.90 Å². The number of hydrogen-bond donors (Lipinski definition) is 1. The molecule has 1 aromatic heterocycles. The molecular formula is C10H13NO3. The first kappa shape index (κ1) is 9.27. The third kappa shape index (κ3) is 1.96. The Morgan fingerprint density at radius 2 is 2.57 bits per heavy atom. The molecule has 4 nitrogen and oxygen atoms in total. The molecular weight excluding hydrogens is 182 g/mol. The zero-order chi connectivity index (χ0) is 9.97. The van der Waals surface area contributed by atoms with Crippen molar-refractivity contribution in [3.8, 4) is 0 Å². The van der Waals surface area contributed by atoms with Crippen molar-refractivity contribution in [2.75, 3.05) is 13.1 Å². The van der Waals surface area contributed by atoms with Gasteiger partial charge in [0.2, 0.25) is 5.91 Å². The molecule has 1 atom stereocenters. The summed E-state index contributed by atoms with van der Waals surface area (Å²) < 4.78 is 5.08. The molecule has 0 aliphatic carbocycles. The molecule has 1 amide bonds. The molecule has 1 N–H and O–H groups in total. The fourth-order valence-electron chi connectivity index (χ4n) is 1.64. The smallest absolute Gasteiger partial charge is 0.230 e. The van der Waals surface area contributed by atoms with Crippen LogP contribution in [0.15, 0.2) is 22.8 Å². The van der Waals surface area contributed by atoms with Crippen LogP contribution in [-0.4, -0.2) is 35.1 Å². The number of aliphatic hydroxyl groups is 1. The van der Waals surface area contributed by atoms with Gasteiger partial charge in [-0.1, -0.05) is 0 Å². The van der Waals surface area contributed by atoms with Crippen LogP contribution in [0, 0.1) is 0 Å². The van der Waals surface area contributed by atoms with Gasteiger partial charge in [-0.25, -0.2) is 0 Å². The van der Waals surface area contributed by atoms with Crippen LogP contribution in [0.2, 0.25) is 0 Å². The first-order chi connectivity index (χ1) is 6.75. The lowest BCUT2D eigenvalue weighted by Crippen LogP contribution is -2.30. The van der Waals surface area contributed by atoms with E-state index in [1.165, 1.54) is 0 Å². The third-order valence-corrected chi connectivity index (χ3v) is 2.42. The van der Waals surface area contributed by atoms with Gasteiger partial charge in [-0.15, -0.1) is 0 Å². The molecule has 4 heteroatoms. The molecule has 1 unspecified atom stereocenters. The highest BCUT2D eigenvalue weighted by Crippen LogP contribution is 2.11. The van der Waals surface area contributed by atoms with Crippen LogP contribution < -0.4 is 0 Å². The quantitative estimate of drug-likeness (QED) is 0.743. The molecule has 0 aromatic carbocycles. The van der Waals surface area contributed by atoms with Crippen LogP contribution in [0.4, 0.5) is 0 Å². The van der Waals surface area contributed by atoms with E-state index in [0.29, 0.717) is 31.7 Å². The molecule has 1 aliphatic rings. The Morgan fingerprint density at radius 3 is 3.14 bits per heavy atom. The van der Waals surface area contributed by atoms with Crippen LogP contribution in [-0.2, 0) is 11.2 Å². The van der Waals surface area contributed by atoms with Gasteiger partial charge in [0, 0.05) is 13.1 Å². The van der Waals surface area contributed by atoms with Gasteiger partial charge in [-0.05, 0) is 18.6 Å². The van der Waals surface area contributed by atoms with Crippen molar-refractivity contribution in [2.24, 2.45) is 0 Å². The van der Waals surface area contributed by atoms with Crippen molar-refractivity contribution >= 4 is 5.91 Å². The zero-order valence-corrected chi connectivity index (χ0v) is 7.85. The van der Waals surface area contributed by atoms with E-state index in [1.807, 2.05) is 0 Å². The number of nitrogens with zero attached hydrogens (tertiary/aromatic N) is 1. The summed E-state index contributed by atoms with van der Waals surface area (Å²) in [6, 6.07) is 3.55. The van der Waals surface area contributed by atoms with E-state index in [-0.39, 0.29) is 12.0 Å². The summed E-state index contributed by atoms with van der Waals surface area (Å²) in [5, 5.41) is 9.26. The van der Waals surface area contributed by atoms with Gasteiger partial charge in [-0.2, -0.15) is 0 Å². The highest BCUT2D eigenvalue weighted by Gasteiger charge is 2.24. The molecule has 0 saturated carbocycles. The molecule has 1 aliphatic heterocycles. The van der Waals surface area contributed by atoms with E-state index in [1.54, 1.807) is 23.3 Å². The van der Waals surface area contributed by atoms with Gasteiger partial charge in [0.25, 0.3) is 0 Å². The minimum Gasteiger partial charge on any atom is -0.469 e. The molecule has 14 heavy (non-hydrogen) atoms. The fourth-order valence-corrected chi connectivity index (χ4v) is 1.64. The topological polar surface area (TPSA) is 53.7 Å². The van der Waals surface area contributed by atoms with Crippen molar-refractivity contribution in [2.45, 2.75) is 18.9 Å². The SMILES string of the molecule is O=C(Cc1ccco1)N1CCC(O)C1. The van der Waals surface area contributed by atoms with Crippen LogP contribution in [0.25, 0.3) is 0 Å². The number of rotatable bonds is 2. The Hall–Kier alpha value is -1.29. The molecule has 2 rings (SSSR count). The summed E-state index contributed by atoms with van der Waals surface area (Å²) in [5.74, 6) is 0.702. The molecule has 0 spiro atoms. The lowest BCUT2D eigenvalue weighted by atomic mass is 10.3. The Bertz CT molecular complexity index is 307. The third-order valence-electron chi connectivity index (χ3n) is 2.42. The number of furan rings is 1. The van der Waals surface area contributed by atoms with Gasteiger partial charge >= 0.3 is 0 Å². The van der Waals surface area contributed by atoms with Crippen molar-refractivity contribution in [1.29, 1.82) is 0 Å². The second kappa shape index (κ2) is 3.84. The molecule has 1 saturated heterocycles. The van der Waals surface area contributed by atoms with E-state index in [0.717, 1.165) is 0 Å². The summed E-state index contributed by atoms with van der Waals surface area (Å²) in [4.78, 5) is 13.3. The molecule has 0 bridgehead atoms. The number of likely N-dealkylation sites (tertiary alicyclic amines) is 1. The van der Waals surface area contributed by atoms with Crippen LogP contribution in [0.3, 0.4) is 0 Å². The Morgan fingerprint density at radius 1 is 1.71 bits per heavy atom. The Labute approximate surface area is 82.1 Å². The maximum absolute atomic E-state index is 11.6. The monoisotopic (exact) mass is 195 g/mol. The number of hydrogen-bond acceptors (Lipinski definition) is 3. The van der Waals surface area contributed by atoms with E-state index >= 15 is 0 Å². The molecule has 2 heterocycles. The molecule has 1 aromatic rings. The second-order valence-electron chi connectivity index (χ2n) is 3.54. The predicted molar refractivity (Wildman–Crippen MR) is 49.6 cm³/mol. The first-order valence-electron chi connectivity index (χ1n) is 4.74. The Balaban J connectivity index is 1.90. The second-order valence-corrected chi connectivity index (χ2v) is 3.54. The van der Waals surface area contributed by atoms with Crippen molar-refractivity contribution in [3.05, 3.63) is 24.2 Å². The molecule has 76 valence electrons. The van der Waals surface area contributed by atoms with Gasteiger partial charge in [-0.3, -0.25) is 4.79 Å². The summed E-state index contributed by atoms with van der Waals surface area (Å²) >= 11 is 0. The highest BCUT2D eigenvalue weighted by atomic mass is 16.3. The number of aliphatic hydroxyl groups excluding tert-OH is 1. The summed E-state index contributed by atoms with van der Waals surface area (Å²) in [7, 11) is 0. The standard InChI is InChI=1S/C10H13NO3/c12-8-3-4-11(7-8)10(13)6-9-2-1-5-14-9/h1-2,5,8,12H,3-4,6-7H2. The molecule has 1 fully saturated rings. The molecule has 0 radical (unpaired) electrons. The number of β-amino-alcohol motifs (C(OH)–C–C–N with tert-alkyl or cyclic N) is 1. The average Bonchev–Trinajstić information content (AvgIpc) is 2.75. The van der Waals surface area contributed by atoms with E-state index < -0.39 is 0 Å². The fraction of sp³-hybridized carbons (Fsp3) is 0.500. The number of carbonyl (C=O) groups is 1. The lowest BCUT2D eigenvalue weighted by Gasteiger charge is -2.14. The van der Waals surface area contributed by atoms with Crippen molar-refractivity contribution in [1.82, 2.24) is 4.90 Å². The Kier molecular flexibility index (Phi) is 2.54. The van der Waals surface area contributed by atoms with Gasteiger partial charge < -0.3 is 14.4 Å².